The number of hydrogen-bond acceptors (Lipinski definition) is 6. The maximum Gasteiger partial charge on any atom is 0.254 e. The van der Waals surface area contributed by atoms with Crippen molar-refractivity contribution < 1.29 is 13.9 Å². The van der Waals surface area contributed by atoms with Crippen molar-refractivity contribution >= 4 is 17.3 Å². The van der Waals surface area contributed by atoms with Crippen LogP contribution >= 0.6 is 0 Å². The Hall–Kier alpha value is -3.55. The van der Waals surface area contributed by atoms with Gasteiger partial charge in [-0.15, -0.1) is 0 Å². The normalized spacial score (nSPS) is 10.3. The molecule has 0 radical (unpaired) electrons. The van der Waals surface area contributed by atoms with Crippen LogP contribution in [-0.4, -0.2) is 35.0 Å². The summed E-state index contributed by atoms with van der Waals surface area (Å²) in [5.41, 5.74) is 2.15. The van der Waals surface area contributed by atoms with Gasteiger partial charge >= 0.3 is 0 Å². The van der Waals surface area contributed by atoms with Crippen molar-refractivity contribution in [3.8, 4) is 17.1 Å². The van der Waals surface area contributed by atoms with E-state index in [1.165, 1.54) is 13.3 Å². The predicted molar refractivity (Wildman–Crippen MR) is 94.9 cm³/mol. The number of nitrogens with one attached hydrogen (secondary N) is 2. The molecule has 0 aliphatic rings. The van der Waals surface area contributed by atoms with Gasteiger partial charge < -0.3 is 15.4 Å². The lowest BCUT2D eigenvalue weighted by Crippen LogP contribution is -2.19. The van der Waals surface area contributed by atoms with Gasteiger partial charge in [0.1, 0.15) is 0 Å². The largest absolute Gasteiger partial charge is 0.494 e. The van der Waals surface area contributed by atoms with Crippen molar-refractivity contribution in [2.45, 2.75) is 0 Å². The van der Waals surface area contributed by atoms with Crippen LogP contribution in [0.2, 0.25) is 0 Å². The molecule has 1 amide bonds. The molecule has 3 rings (SSSR count). The van der Waals surface area contributed by atoms with Gasteiger partial charge in [0.15, 0.2) is 17.4 Å². The molecule has 2 N–H and O–H groups in total. The van der Waals surface area contributed by atoms with E-state index in [4.69, 9.17) is 4.74 Å². The van der Waals surface area contributed by atoms with Crippen LogP contribution in [0.5, 0.6) is 5.75 Å². The summed E-state index contributed by atoms with van der Waals surface area (Å²) in [5.74, 6) is 0.0125. The van der Waals surface area contributed by atoms with Crippen LogP contribution in [0.1, 0.15) is 10.4 Å². The molecule has 7 nitrogen and oxygen atoms in total. The Morgan fingerprint density at radius 1 is 1.12 bits per heavy atom. The van der Waals surface area contributed by atoms with E-state index in [2.05, 4.69) is 25.6 Å². The molecule has 3 aromatic rings. The number of halogens is 1. The second-order valence-electron chi connectivity index (χ2n) is 5.24. The van der Waals surface area contributed by atoms with Gasteiger partial charge in [-0.2, -0.15) is 0 Å². The van der Waals surface area contributed by atoms with E-state index >= 15 is 0 Å². The van der Waals surface area contributed by atoms with E-state index in [0.717, 1.165) is 12.4 Å². The van der Waals surface area contributed by atoms with E-state index in [1.807, 2.05) is 0 Å². The summed E-state index contributed by atoms with van der Waals surface area (Å²) < 4.78 is 18.6. The highest BCUT2D eigenvalue weighted by molar-refractivity contribution is 6.00. The Bertz CT molecular complexity index is 931. The first-order valence-electron chi connectivity index (χ1n) is 7.72. The minimum absolute atomic E-state index is 0.266. The van der Waals surface area contributed by atoms with Gasteiger partial charge in [0.2, 0.25) is 0 Å². The molecule has 0 aliphatic carbocycles. The summed E-state index contributed by atoms with van der Waals surface area (Å²) in [5, 5.41) is 5.75. The number of para-hydroxylation sites is 1. The fourth-order valence-electron chi connectivity index (χ4n) is 2.45. The fraction of sp³-hybridized carbons (Fsp3) is 0.111. The second-order valence-corrected chi connectivity index (χ2v) is 5.24. The molecular formula is C18H16FN5O2. The highest BCUT2D eigenvalue weighted by Crippen LogP contribution is 2.36. The maximum absolute atomic E-state index is 13.1. The van der Waals surface area contributed by atoms with E-state index < -0.39 is 5.82 Å². The van der Waals surface area contributed by atoms with Crippen LogP contribution in [0.15, 0.2) is 49.1 Å². The van der Waals surface area contributed by atoms with E-state index in [9.17, 15) is 9.18 Å². The number of nitrogens with zero attached hydrogens (tertiary/aromatic N) is 3. The zero-order chi connectivity index (χ0) is 18.5. The minimum atomic E-state index is -0.519. The fourth-order valence-corrected chi connectivity index (χ4v) is 2.45. The third kappa shape index (κ3) is 3.44. The zero-order valence-electron chi connectivity index (χ0n) is 14.2. The van der Waals surface area contributed by atoms with Gasteiger partial charge in [0, 0.05) is 19.4 Å². The van der Waals surface area contributed by atoms with Crippen LogP contribution in [-0.2, 0) is 0 Å². The number of benzene rings is 1. The van der Waals surface area contributed by atoms with Crippen LogP contribution in [0.25, 0.3) is 11.4 Å². The first-order chi connectivity index (χ1) is 12.6. The molecule has 0 fully saturated rings. The van der Waals surface area contributed by atoms with Crippen molar-refractivity contribution in [2.24, 2.45) is 0 Å². The average Bonchev–Trinajstić information content (AvgIpc) is 2.68. The highest BCUT2D eigenvalue weighted by atomic mass is 19.1. The van der Waals surface area contributed by atoms with Crippen molar-refractivity contribution in [1.29, 1.82) is 0 Å². The van der Waals surface area contributed by atoms with Crippen LogP contribution in [0, 0.1) is 5.82 Å². The number of carbonyl (C=O) groups excluding carboxylic acids is 1. The molecule has 8 heteroatoms. The molecule has 0 saturated heterocycles. The van der Waals surface area contributed by atoms with Gasteiger partial charge in [-0.1, -0.05) is 6.07 Å². The molecule has 0 atom stereocenters. The van der Waals surface area contributed by atoms with E-state index in [-0.39, 0.29) is 5.91 Å². The molecular weight excluding hydrogens is 337 g/mol. The molecule has 0 unspecified atom stereocenters. The molecule has 0 spiro atoms. The number of methoxy groups -OCH3 is 1. The van der Waals surface area contributed by atoms with Crippen LogP contribution < -0.4 is 15.4 Å². The Balaban J connectivity index is 2.03. The molecule has 0 bridgehead atoms. The third-order valence-electron chi connectivity index (χ3n) is 3.64. The topological polar surface area (TPSA) is 89.0 Å². The molecule has 2 heterocycles. The van der Waals surface area contributed by atoms with Gasteiger partial charge in [-0.3, -0.25) is 9.78 Å². The Morgan fingerprint density at radius 3 is 2.58 bits per heavy atom. The average molecular weight is 353 g/mol. The lowest BCUT2D eigenvalue weighted by atomic mass is 10.1. The van der Waals surface area contributed by atoms with Crippen molar-refractivity contribution in [3.05, 3.63) is 60.4 Å². The van der Waals surface area contributed by atoms with Gasteiger partial charge in [-0.25, -0.2) is 14.4 Å². The minimum Gasteiger partial charge on any atom is -0.494 e. The first kappa shape index (κ1) is 17.3. The maximum atomic E-state index is 13.1. The number of anilines is 2. The number of carbonyl (C=O) groups is 1. The monoisotopic (exact) mass is 353 g/mol. The summed E-state index contributed by atoms with van der Waals surface area (Å²) in [4.78, 5) is 24.0. The number of aromatic nitrogens is 3. The number of rotatable bonds is 5. The van der Waals surface area contributed by atoms with Crippen LogP contribution in [0.3, 0.4) is 0 Å². The number of ether oxygens (including phenoxy) is 1. The molecule has 0 aliphatic heterocycles. The number of hydrogen-bond donors (Lipinski definition) is 2. The smallest absolute Gasteiger partial charge is 0.254 e. The summed E-state index contributed by atoms with van der Waals surface area (Å²) in [6.45, 7) is 0. The standard InChI is InChI=1S/C18H16FN5O2/c1-20-18(25)13-10-21-7-6-14(13)24-15-5-3-4-12(16(15)26-2)17-22-8-11(19)9-23-17/h3-10H,1-2H3,(H,20,25)(H,21,24). The van der Waals surface area contributed by atoms with Gasteiger partial charge in [0.05, 0.1) is 42.0 Å². The summed E-state index contributed by atoms with van der Waals surface area (Å²) in [7, 11) is 3.06. The quantitative estimate of drug-likeness (QED) is 0.733. The molecule has 26 heavy (non-hydrogen) atoms. The SMILES string of the molecule is CNC(=O)c1cnccc1Nc1cccc(-c2ncc(F)cn2)c1OC. The van der Waals surface area contributed by atoms with Crippen molar-refractivity contribution in [1.82, 2.24) is 20.3 Å². The highest BCUT2D eigenvalue weighted by Gasteiger charge is 2.16. The molecule has 1 aromatic carbocycles. The molecule has 132 valence electrons. The predicted octanol–water partition coefficient (Wildman–Crippen LogP) is 2.79. The summed E-state index contributed by atoms with van der Waals surface area (Å²) in [6, 6.07) is 7.03. The first-order valence-corrected chi connectivity index (χ1v) is 7.72. The van der Waals surface area contributed by atoms with Gasteiger partial charge in [-0.05, 0) is 18.2 Å². The Morgan fingerprint density at radius 2 is 1.88 bits per heavy atom. The van der Waals surface area contributed by atoms with E-state index in [1.54, 1.807) is 37.5 Å². The Labute approximate surface area is 149 Å². The van der Waals surface area contributed by atoms with E-state index in [0.29, 0.717) is 34.1 Å². The molecule has 0 saturated carbocycles. The number of amides is 1. The second kappa shape index (κ2) is 7.56. The lowest BCUT2D eigenvalue weighted by Gasteiger charge is -2.16. The lowest BCUT2D eigenvalue weighted by molar-refractivity contribution is 0.0963. The molecule has 2 aromatic heterocycles. The summed E-state index contributed by atoms with van der Waals surface area (Å²) in [6.07, 6.45) is 5.23. The zero-order valence-corrected chi connectivity index (χ0v) is 14.2. The van der Waals surface area contributed by atoms with Crippen LogP contribution in [0.4, 0.5) is 15.8 Å². The van der Waals surface area contributed by atoms with Gasteiger partial charge in [0.25, 0.3) is 5.91 Å². The van der Waals surface area contributed by atoms with Crippen molar-refractivity contribution in [3.63, 3.8) is 0 Å². The summed E-state index contributed by atoms with van der Waals surface area (Å²) >= 11 is 0. The third-order valence-corrected chi connectivity index (χ3v) is 3.64. The van der Waals surface area contributed by atoms with Crippen molar-refractivity contribution in [2.75, 3.05) is 19.5 Å². The Kier molecular flexibility index (Phi) is 5.02. The number of pyridine rings is 1.